The van der Waals surface area contributed by atoms with Crippen molar-refractivity contribution in [2.24, 2.45) is 0 Å². The van der Waals surface area contributed by atoms with Crippen molar-refractivity contribution in [1.82, 2.24) is 0 Å². The topological polar surface area (TPSA) is 93.5 Å². The van der Waals surface area contributed by atoms with Crippen LogP contribution in [0.1, 0.15) is 6.92 Å². The molecule has 0 fully saturated rings. The number of nitro groups is 1. The Hall–Kier alpha value is -2.74. The molecular formula is C17H19N3O4S. The minimum atomic E-state index is -0.541. The number of nitrogens with one attached hydrogen (secondary N) is 2. The lowest BCUT2D eigenvalue weighted by molar-refractivity contribution is -0.384. The zero-order valence-electron chi connectivity index (χ0n) is 14.1. The van der Waals surface area contributed by atoms with E-state index in [-0.39, 0.29) is 17.3 Å². The summed E-state index contributed by atoms with van der Waals surface area (Å²) in [7, 11) is 1.44. The summed E-state index contributed by atoms with van der Waals surface area (Å²) in [6.07, 6.45) is 1.98. The van der Waals surface area contributed by atoms with Crippen LogP contribution in [0.15, 0.2) is 47.4 Å². The van der Waals surface area contributed by atoms with E-state index in [4.69, 9.17) is 4.74 Å². The highest BCUT2D eigenvalue weighted by Crippen LogP contribution is 2.29. The molecule has 8 heteroatoms. The number of anilines is 2. The molecule has 2 aromatic carbocycles. The second-order valence-electron chi connectivity index (χ2n) is 5.23. The average Bonchev–Trinajstić information content (AvgIpc) is 2.61. The zero-order chi connectivity index (χ0) is 18.4. The van der Waals surface area contributed by atoms with E-state index < -0.39 is 11.0 Å². The number of amides is 1. The summed E-state index contributed by atoms with van der Waals surface area (Å²) in [5.74, 6) is 0.0314. The molecule has 0 spiro atoms. The molecule has 7 nitrogen and oxygen atoms in total. The van der Waals surface area contributed by atoms with Gasteiger partial charge in [-0.15, -0.1) is 11.8 Å². The van der Waals surface area contributed by atoms with Gasteiger partial charge >= 0.3 is 0 Å². The number of nitro benzene ring substituents is 1. The normalized spacial score (nSPS) is 11.5. The first kappa shape index (κ1) is 18.6. The number of non-ortho nitro benzene ring substituents is 1. The van der Waals surface area contributed by atoms with E-state index >= 15 is 0 Å². The highest BCUT2D eigenvalue weighted by Gasteiger charge is 2.17. The first-order valence-corrected chi connectivity index (χ1v) is 8.71. The van der Waals surface area contributed by atoms with Gasteiger partial charge in [-0.25, -0.2) is 0 Å². The molecule has 1 atom stereocenters. The minimum Gasteiger partial charge on any atom is -0.495 e. The standard InChI is InChI=1S/C17H19N3O4S/c1-11(18-12-5-4-6-14(9-12)25-3)17(21)19-15-10-13(20(22)23)7-8-16(15)24-2/h4-11,18H,1-3H3,(H,19,21)/t11-/m1/s1. The third kappa shape index (κ3) is 4.87. The number of carbonyl (C=O) groups excluding carboxylic acids is 1. The number of nitrogens with zero attached hydrogens (tertiary/aromatic N) is 1. The SMILES string of the molecule is COc1ccc([N+](=O)[O-])cc1NC(=O)[C@@H](C)Nc1cccc(SC)c1. The summed E-state index contributed by atoms with van der Waals surface area (Å²) in [4.78, 5) is 23.9. The van der Waals surface area contributed by atoms with Crippen LogP contribution in [0.25, 0.3) is 0 Å². The lowest BCUT2D eigenvalue weighted by Gasteiger charge is -2.17. The van der Waals surface area contributed by atoms with Crippen LogP contribution in [0, 0.1) is 10.1 Å². The van der Waals surface area contributed by atoms with Crippen molar-refractivity contribution in [3.8, 4) is 5.75 Å². The first-order valence-electron chi connectivity index (χ1n) is 7.48. The van der Waals surface area contributed by atoms with Crippen molar-refractivity contribution in [3.63, 3.8) is 0 Å². The van der Waals surface area contributed by atoms with Gasteiger partial charge in [0.25, 0.3) is 5.69 Å². The highest BCUT2D eigenvalue weighted by atomic mass is 32.2. The molecule has 1 amide bonds. The number of hydrogen-bond donors (Lipinski definition) is 2. The second-order valence-corrected chi connectivity index (χ2v) is 6.11. The van der Waals surface area contributed by atoms with Crippen molar-refractivity contribution in [3.05, 3.63) is 52.6 Å². The Labute approximate surface area is 149 Å². The minimum absolute atomic E-state index is 0.121. The van der Waals surface area contributed by atoms with E-state index in [1.54, 1.807) is 18.7 Å². The number of thioether (sulfide) groups is 1. The smallest absolute Gasteiger partial charge is 0.271 e. The van der Waals surface area contributed by atoms with E-state index in [9.17, 15) is 14.9 Å². The second kappa shape index (κ2) is 8.39. The van der Waals surface area contributed by atoms with Gasteiger partial charge in [-0.05, 0) is 37.4 Å². The van der Waals surface area contributed by atoms with Crippen molar-refractivity contribution in [2.45, 2.75) is 17.9 Å². The molecule has 2 aromatic rings. The Morgan fingerprint density at radius 3 is 2.68 bits per heavy atom. The van der Waals surface area contributed by atoms with Crippen LogP contribution >= 0.6 is 11.8 Å². The number of ether oxygens (including phenoxy) is 1. The number of hydrogen-bond acceptors (Lipinski definition) is 6. The lowest BCUT2D eigenvalue weighted by atomic mass is 10.2. The van der Waals surface area contributed by atoms with Crippen LogP contribution in [-0.2, 0) is 4.79 Å². The van der Waals surface area contributed by atoms with Crippen LogP contribution in [0.4, 0.5) is 17.1 Å². The summed E-state index contributed by atoms with van der Waals surface area (Å²) >= 11 is 1.61. The third-order valence-electron chi connectivity index (χ3n) is 3.50. The van der Waals surface area contributed by atoms with Crippen molar-refractivity contribution >= 4 is 34.7 Å². The summed E-state index contributed by atoms with van der Waals surface area (Å²) in [6.45, 7) is 1.71. The number of rotatable bonds is 7. The Balaban J connectivity index is 2.12. The number of methoxy groups -OCH3 is 1. The Kier molecular flexibility index (Phi) is 6.24. The fourth-order valence-electron chi connectivity index (χ4n) is 2.18. The fraction of sp³-hybridized carbons (Fsp3) is 0.235. The third-order valence-corrected chi connectivity index (χ3v) is 4.22. The van der Waals surface area contributed by atoms with Gasteiger partial charge < -0.3 is 15.4 Å². The molecule has 2 rings (SSSR count). The summed E-state index contributed by atoms with van der Waals surface area (Å²) in [6, 6.07) is 11.2. The Bertz CT molecular complexity index is 782. The maximum atomic E-state index is 12.4. The van der Waals surface area contributed by atoms with Crippen molar-refractivity contribution in [2.75, 3.05) is 24.0 Å². The molecule has 0 aliphatic carbocycles. The quantitative estimate of drug-likeness (QED) is 0.443. The van der Waals surface area contributed by atoms with E-state index in [2.05, 4.69) is 10.6 Å². The monoisotopic (exact) mass is 361 g/mol. The highest BCUT2D eigenvalue weighted by molar-refractivity contribution is 7.98. The van der Waals surface area contributed by atoms with Gasteiger partial charge in [-0.2, -0.15) is 0 Å². The maximum absolute atomic E-state index is 12.4. The van der Waals surface area contributed by atoms with Crippen molar-refractivity contribution in [1.29, 1.82) is 0 Å². The molecule has 0 unspecified atom stereocenters. The summed E-state index contributed by atoms with van der Waals surface area (Å²) < 4.78 is 5.15. The van der Waals surface area contributed by atoms with Gasteiger partial charge in [0.2, 0.25) is 5.91 Å². The van der Waals surface area contributed by atoms with Crippen LogP contribution in [-0.4, -0.2) is 30.2 Å². The van der Waals surface area contributed by atoms with Gasteiger partial charge in [-0.1, -0.05) is 6.07 Å². The molecule has 0 aromatic heterocycles. The molecule has 0 saturated heterocycles. The predicted molar refractivity (Wildman–Crippen MR) is 99.6 cm³/mol. The zero-order valence-corrected chi connectivity index (χ0v) is 14.9. The summed E-state index contributed by atoms with van der Waals surface area (Å²) in [5.41, 5.74) is 0.957. The van der Waals surface area contributed by atoms with Gasteiger partial charge in [0.1, 0.15) is 11.8 Å². The van der Waals surface area contributed by atoms with Crippen LogP contribution in [0.3, 0.4) is 0 Å². The molecule has 0 aliphatic rings. The van der Waals surface area contributed by atoms with Gasteiger partial charge in [0.05, 0.1) is 17.7 Å². The molecule has 0 bridgehead atoms. The van der Waals surface area contributed by atoms with E-state index in [1.807, 2.05) is 30.5 Å². The Morgan fingerprint density at radius 1 is 1.28 bits per heavy atom. The largest absolute Gasteiger partial charge is 0.495 e. The van der Waals surface area contributed by atoms with E-state index in [0.717, 1.165) is 10.6 Å². The lowest BCUT2D eigenvalue weighted by Crippen LogP contribution is -2.32. The molecule has 0 heterocycles. The first-order chi connectivity index (χ1) is 11.9. The molecule has 2 N–H and O–H groups in total. The molecular weight excluding hydrogens is 342 g/mol. The molecule has 132 valence electrons. The molecule has 0 saturated carbocycles. The van der Waals surface area contributed by atoms with Crippen molar-refractivity contribution < 1.29 is 14.5 Å². The van der Waals surface area contributed by atoms with Crippen LogP contribution < -0.4 is 15.4 Å². The average molecular weight is 361 g/mol. The predicted octanol–water partition coefficient (Wildman–Crippen LogP) is 3.76. The molecule has 25 heavy (non-hydrogen) atoms. The maximum Gasteiger partial charge on any atom is 0.271 e. The van der Waals surface area contributed by atoms with E-state index in [0.29, 0.717) is 5.75 Å². The number of carbonyl (C=O) groups is 1. The van der Waals surface area contributed by atoms with Gasteiger partial charge in [-0.3, -0.25) is 14.9 Å². The van der Waals surface area contributed by atoms with E-state index in [1.165, 1.54) is 25.3 Å². The van der Waals surface area contributed by atoms with Crippen LogP contribution in [0.2, 0.25) is 0 Å². The van der Waals surface area contributed by atoms with Gasteiger partial charge in [0.15, 0.2) is 0 Å². The van der Waals surface area contributed by atoms with Gasteiger partial charge in [0, 0.05) is 22.7 Å². The number of benzene rings is 2. The summed E-state index contributed by atoms with van der Waals surface area (Å²) in [5, 5.41) is 16.7. The van der Waals surface area contributed by atoms with Crippen LogP contribution in [0.5, 0.6) is 5.75 Å². The molecule has 0 aliphatic heterocycles. The fourth-order valence-corrected chi connectivity index (χ4v) is 2.64. The molecule has 0 radical (unpaired) electrons. The Morgan fingerprint density at radius 2 is 2.04 bits per heavy atom.